The number of hydrogen-bond donors (Lipinski definition) is 6. The Morgan fingerprint density at radius 2 is 1.67 bits per heavy atom. The lowest BCUT2D eigenvalue weighted by Crippen LogP contribution is -2.60. The number of ether oxygens (including phenoxy) is 5. The van der Waals surface area contributed by atoms with E-state index in [2.05, 4.69) is 0 Å². The number of carbonyl (C=O) groups is 1. The summed E-state index contributed by atoms with van der Waals surface area (Å²) < 4.78 is 32.2. The molecular weight excluding hydrogens is 524 g/mol. The highest BCUT2D eigenvalue weighted by Gasteiger charge is 2.46. The molecule has 1 fully saturated rings. The monoisotopic (exact) mass is 550 g/mol. The maximum Gasteiger partial charge on any atom is 0.302 e. The van der Waals surface area contributed by atoms with Crippen LogP contribution in [0.5, 0.6) is 34.5 Å². The van der Waals surface area contributed by atoms with Crippen molar-refractivity contribution >= 4 is 16.9 Å². The fraction of sp³-hybridized carbons (Fsp3) is 0.360. The maximum atomic E-state index is 13.0. The molecule has 0 bridgehead atoms. The van der Waals surface area contributed by atoms with E-state index in [1.807, 2.05) is 0 Å². The molecule has 1 aliphatic heterocycles. The first-order valence-electron chi connectivity index (χ1n) is 11.4. The highest BCUT2D eigenvalue weighted by Crippen LogP contribution is 2.44. The lowest BCUT2D eigenvalue weighted by molar-refractivity contribution is -0.278. The van der Waals surface area contributed by atoms with Crippen molar-refractivity contribution < 1.29 is 63.5 Å². The molecule has 14 heteroatoms. The molecule has 1 aromatic heterocycles. The summed E-state index contributed by atoms with van der Waals surface area (Å²) in [6.07, 6.45) is -8.15. The number of methoxy groups -OCH3 is 2. The molecule has 39 heavy (non-hydrogen) atoms. The second-order valence-corrected chi connectivity index (χ2v) is 8.56. The van der Waals surface area contributed by atoms with E-state index in [9.17, 15) is 40.2 Å². The van der Waals surface area contributed by atoms with Gasteiger partial charge in [-0.3, -0.25) is 9.59 Å². The van der Waals surface area contributed by atoms with E-state index in [0.29, 0.717) is 0 Å². The van der Waals surface area contributed by atoms with Gasteiger partial charge in [-0.05, 0) is 18.2 Å². The smallest absolute Gasteiger partial charge is 0.302 e. The summed E-state index contributed by atoms with van der Waals surface area (Å²) >= 11 is 0. The highest BCUT2D eigenvalue weighted by atomic mass is 16.7. The van der Waals surface area contributed by atoms with E-state index in [4.69, 9.17) is 28.1 Å². The zero-order chi connectivity index (χ0) is 28.6. The topological polar surface area (TPSA) is 215 Å². The summed E-state index contributed by atoms with van der Waals surface area (Å²) in [4.78, 5) is 24.2. The largest absolute Gasteiger partial charge is 0.507 e. The molecule has 2 heterocycles. The van der Waals surface area contributed by atoms with Crippen molar-refractivity contribution in [3.05, 3.63) is 34.5 Å². The Morgan fingerprint density at radius 1 is 0.949 bits per heavy atom. The number of esters is 1. The zero-order valence-corrected chi connectivity index (χ0v) is 20.9. The van der Waals surface area contributed by atoms with Crippen molar-refractivity contribution in [2.24, 2.45) is 0 Å². The molecule has 4 rings (SSSR count). The van der Waals surface area contributed by atoms with Crippen molar-refractivity contribution in [1.29, 1.82) is 0 Å². The van der Waals surface area contributed by atoms with Gasteiger partial charge >= 0.3 is 5.97 Å². The van der Waals surface area contributed by atoms with E-state index >= 15 is 0 Å². The second kappa shape index (κ2) is 10.9. The highest BCUT2D eigenvalue weighted by molar-refractivity contribution is 5.93. The molecule has 6 N–H and O–H groups in total. The van der Waals surface area contributed by atoms with Crippen LogP contribution in [-0.4, -0.2) is 88.1 Å². The molecule has 210 valence electrons. The lowest BCUT2D eigenvalue weighted by atomic mass is 9.99. The number of aliphatic hydroxyl groups is 3. The number of phenols is 2. The van der Waals surface area contributed by atoms with Gasteiger partial charge in [-0.1, -0.05) is 0 Å². The van der Waals surface area contributed by atoms with Crippen LogP contribution in [0.4, 0.5) is 0 Å². The predicted octanol–water partition coefficient (Wildman–Crippen LogP) is 0.343. The standard InChI is InChI=1S/C25H26O14/c1-9(26)36-8-15-17(29)19(31)21(33)25(38-15)37-14-7-12(28)16-18(30)20(32)22(39-24(16)23(14)35-3)10-4-5-11(27)13(6-10)34-2/h4-7,15,17,19,21,25,27-29,31-33H,8H2,1-3H3/t15-,17-,19+,21-,25-/m1/s1. The van der Waals surface area contributed by atoms with Crippen LogP contribution >= 0.6 is 0 Å². The Labute approximate surface area is 219 Å². The van der Waals surface area contributed by atoms with E-state index in [0.717, 1.165) is 13.0 Å². The van der Waals surface area contributed by atoms with Gasteiger partial charge in [0.25, 0.3) is 0 Å². The fourth-order valence-electron chi connectivity index (χ4n) is 4.06. The first-order chi connectivity index (χ1) is 18.5. The number of carbonyl (C=O) groups excluding carboxylic acids is 1. The molecule has 0 amide bonds. The molecule has 14 nitrogen and oxygen atoms in total. The molecular formula is C25H26O14. The summed E-state index contributed by atoms with van der Waals surface area (Å²) in [6, 6.07) is 4.83. The third kappa shape index (κ3) is 5.09. The van der Waals surface area contributed by atoms with Gasteiger partial charge in [-0.15, -0.1) is 0 Å². The van der Waals surface area contributed by atoms with Crippen molar-refractivity contribution in [1.82, 2.24) is 0 Å². The van der Waals surface area contributed by atoms with Gasteiger partial charge in [0.2, 0.25) is 23.2 Å². The summed E-state index contributed by atoms with van der Waals surface area (Å²) in [5, 5.41) is 61.6. The van der Waals surface area contributed by atoms with Gasteiger partial charge in [0, 0.05) is 18.6 Å². The Bertz CT molecular complexity index is 1450. The average molecular weight is 550 g/mol. The average Bonchev–Trinajstić information content (AvgIpc) is 2.90. The number of phenolic OH excluding ortho intramolecular Hbond substituents is 2. The first kappa shape index (κ1) is 27.8. The molecule has 0 radical (unpaired) electrons. The van der Waals surface area contributed by atoms with Gasteiger partial charge in [-0.2, -0.15) is 0 Å². The van der Waals surface area contributed by atoms with Gasteiger partial charge in [0.1, 0.15) is 42.2 Å². The Morgan fingerprint density at radius 3 is 2.31 bits per heavy atom. The van der Waals surface area contributed by atoms with Crippen LogP contribution in [0.1, 0.15) is 6.92 Å². The molecule has 0 unspecified atom stereocenters. The van der Waals surface area contributed by atoms with Crippen molar-refractivity contribution in [3.8, 4) is 45.8 Å². The number of aliphatic hydroxyl groups excluding tert-OH is 3. The lowest BCUT2D eigenvalue weighted by Gasteiger charge is -2.40. The second-order valence-electron chi connectivity index (χ2n) is 8.56. The summed E-state index contributed by atoms with van der Waals surface area (Å²) in [6.45, 7) is 0.666. The van der Waals surface area contributed by atoms with Crippen molar-refractivity contribution in [2.75, 3.05) is 20.8 Å². The summed E-state index contributed by atoms with van der Waals surface area (Å²) in [5.74, 6) is -3.34. The molecule has 1 saturated heterocycles. The van der Waals surface area contributed by atoms with E-state index < -0.39 is 65.6 Å². The van der Waals surface area contributed by atoms with Crippen molar-refractivity contribution in [3.63, 3.8) is 0 Å². The van der Waals surface area contributed by atoms with Crippen LogP contribution in [0.2, 0.25) is 0 Å². The number of aromatic hydroxyl groups is 3. The number of hydrogen-bond acceptors (Lipinski definition) is 14. The van der Waals surface area contributed by atoms with Crippen LogP contribution in [0.25, 0.3) is 22.3 Å². The van der Waals surface area contributed by atoms with E-state index in [-0.39, 0.29) is 39.9 Å². The normalized spacial score (nSPS) is 22.9. The van der Waals surface area contributed by atoms with Crippen molar-refractivity contribution in [2.45, 2.75) is 37.6 Å². The summed E-state index contributed by atoms with van der Waals surface area (Å²) in [7, 11) is 2.49. The molecule has 1 aliphatic rings. The molecule has 2 aromatic carbocycles. The van der Waals surface area contributed by atoms with Crippen LogP contribution < -0.4 is 19.6 Å². The van der Waals surface area contributed by atoms with Crippen LogP contribution in [-0.2, 0) is 14.3 Å². The minimum atomic E-state index is -1.80. The minimum absolute atomic E-state index is 0.0222. The quantitative estimate of drug-likeness (QED) is 0.219. The minimum Gasteiger partial charge on any atom is -0.507 e. The Kier molecular flexibility index (Phi) is 7.74. The molecule has 3 aromatic rings. The van der Waals surface area contributed by atoms with Crippen LogP contribution in [0.3, 0.4) is 0 Å². The summed E-state index contributed by atoms with van der Waals surface area (Å²) in [5.41, 5.74) is -1.25. The van der Waals surface area contributed by atoms with Gasteiger partial charge < -0.3 is 58.7 Å². The van der Waals surface area contributed by atoms with E-state index in [1.165, 1.54) is 32.4 Å². The molecule has 0 spiro atoms. The predicted molar refractivity (Wildman–Crippen MR) is 130 cm³/mol. The van der Waals surface area contributed by atoms with Gasteiger partial charge in [-0.25, -0.2) is 0 Å². The van der Waals surface area contributed by atoms with Crippen LogP contribution in [0.15, 0.2) is 33.5 Å². The SMILES string of the molecule is COc1cc(-c2oc3c(OC)c(O[C@@H]4O[C@H](COC(C)=O)[C@@H](O)[C@H](O)[C@H]4O)cc(O)c3c(=O)c2O)ccc1O. The van der Waals surface area contributed by atoms with Gasteiger partial charge in [0.05, 0.1) is 14.2 Å². The van der Waals surface area contributed by atoms with E-state index in [1.54, 1.807) is 0 Å². The Balaban J connectivity index is 1.81. The number of fused-ring (bicyclic) bond motifs is 1. The fourth-order valence-corrected chi connectivity index (χ4v) is 4.06. The maximum absolute atomic E-state index is 13.0. The first-order valence-corrected chi connectivity index (χ1v) is 11.4. The Hall–Kier alpha value is -4.24. The third-order valence-electron chi connectivity index (χ3n) is 6.05. The molecule has 5 atom stereocenters. The molecule has 0 saturated carbocycles. The molecule has 0 aliphatic carbocycles. The number of rotatable bonds is 7. The zero-order valence-electron chi connectivity index (χ0n) is 20.9. The van der Waals surface area contributed by atoms with Crippen LogP contribution in [0, 0.1) is 0 Å². The van der Waals surface area contributed by atoms with Gasteiger partial charge in [0.15, 0.2) is 28.6 Å². The number of benzene rings is 2. The third-order valence-corrected chi connectivity index (χ3v) is 6.05.